The smallest absolute Gasteiger partial charge is 0.250 e. The van der Waals surface area contributed by atoms with Crippen LogP contribution in [0.3, 0.4) is 0 Å². The molecule has 5 heteroatoms. The van der Waals surface area contributed by atoms with Crippen LogP contribution in [0.1, 0.15) is 45.4 Å². The molecule has 1 aromatic carbocycles. The van der Waals surface area contributed by atoms with Gasteiger partial charge in [-0.3, -0.25) is 4.79 Å². The van der Waals surface area contributed by atoms with Gasteiger partial charge in [-0.25, -0.2) is 0 Å². The van der Waals surface area contributed by atoms with Gasteiger partial charge in [0.15, 0.2) is 0 Å². The molecule has 0 bridgehead atoms. The number of halogens is 1. The molecule has 1 aromatic rings. The van der Waals surface area contributed by atoms with Crippen LogP contribution < -0.4 is 11.1 Å². The summed E-state index contributed by atoms with van der Waals surface area (Å²) in [4.78, 5) is 11.7. The Bertz CT molecular complexity index is 438. The Morgan fingerprint density at radius 3 is 2.67 bits per heavy atom. The molecule has 0 atom stereocenters. The topological polar surface area (TPSA) is 64.3 Å². The van der Waals surface area contributed by atoms with Crippen LogP contribution >= 0.6 is 15.9 Å². The van der Waals surface area contributed by atoms with Crippen molar-refractivity contribution in [2.24, 2.45) is 0 Å². The second kappa shape index (κ2) is 10.6. The zero-order valence-electron chi connectivity index (χ0n) is 12.7. The fourth-order valence-corrected chi connectivity index (χ4v) is 2.46. The highest BCUT2D eigenvalue weighted by atomic mass is 79.9. The van der Waals surface area contributed by atoms with Gasteiger partial charge in [-0.1, -0.05) is 39.0 Å². The molecule has 0 aromatic heterocycles. The summed E-state index contributed by atoms with van der Waals surface area (Å²) in [7, 11) is 0. The molecule has 21 heavy (non-hydrogen) atoms. The third kappa shape index (κ3) is 8.07. The van der Waals surface area contributed by atoms with E-state index in [1.54, 1.807) is 18.2 Å². The summed E-state index contributed by atoms with van der Waals surface area (Å²) in [6.45, 7) is 2.94. The van der Waals surface area contributed by atoms with E-state index in [1.165, 1.54) is 32.1 Å². The first-order valence-corrected chi connectivity index (χ1v) is 8.35. The van der Waals surface area contributed by atoms with Gasteiger partial charge in [-0.2, -0.15) is 0 Å². The first kappa shape index (κ1) is 18.0. The zero-order chi connectivity index (χ0) is 15.5. The highest BCUT2D eigenvalue weighted by molar-refractivity contribution is 9.10. The van der Waals surface area contributed by atoms with E-state index in [-0.39, 0.29) is 12.5 Å². The number of nitrogen functional groups attached to an aromatic ring is 1. The monoisotopic (exact) mass is 356 g/mol. The first-order chi connectivity index (χ1) is 10.1. The predicted octanol–water partition coefficient (Wildman–Crippen LogP) is 4.35. The lowest BCUT2D eigenvalue weighted by atomic mass is 10.1. The quantitative estimate of drug-likeness (QED) is 0.483. The molecule has 118 valence electrons. The zero-order valence-corrected chi connectivity index (χ0v) is 14.2. The summed E-state index contributed by atoms with van der Waals surface area (Å²) in [5.41, 5.74) is 7.01. The fourth-order valence-electron chi connectivity index (χ4n) is 1.97. The largest absolute Gasteiger partial charge is 0.399 e. The molecule has 0 aliphatic carbocycles. The minimum absolute atomic E-state index is 0.0891. The lowest BCUT2D eigenvalue weighted by Crippen LogP contribution is -2.19. The van der Waals surface area contributed by atoms with Crippen molar-refractivity contribution in [2.75, 3.05) is 24.3 Å². The molecule has 0 spiro atoms. The van der Waals surface area contributed by atoms with Crippen LogP contribution in [0, 0.1) is 0 Å². The van der Waals surface area contributed by atoms with E-state index >= 15 is 0 Å². The molecule has 1 amide bonds. The van der Waals surface area contributed by atoms with Crippen molar-refractivity contribution in [3.8, 4) is 0 Å². The lowest BCUT2D eigenvalue weighted by molar-refractivity contribution is -0.120. The number of rotatable bonds is 10. The predicted molar refractivity (Wildman–Crippen MR) is 91.4 cm³/mol. The van der Waals surface area contributed by atoms with Crippen LogP contribution in [-0.4, -0.2) is 19.1 Å². The average Bonchev–Trinajstić information content (AvgIpc) is 2.45. The Morgan fingerprint density at radius 2 is 1.95 bits per heavy atom. The number of benzene rings is 1. The molecule has 0 saturated carbocycles. The van der Waals surface area contributed by atoms with Gasteiger partial charge in [0, 0.05) is 16.8 Å². The van der Waals surface area contributed by atoms with E-state index in [1.807, 2.05) is 0 Å². The Morgan fingerprint density at radius 1 is 1.24 bits per heavy atom. The summed E-state index contributed by atoms with van der Waals surface area (Å²) in [6.07, 6.45) is 7.30. The maximum absolute atomic E-state index is 11.7. The molecule has 0 aliphatic heterocycles. The molecule has 4 nitrogen and oxygen atoms in total. The number of unbranched alkanes of at least 4 members (excludes halogenated alkanes) is 5. The van der Waals surface area contributed by atoms with Crippen molar-refractivity contribution < 1.29 is 9.53 Å². The van der Waals surface area contributed by atoms with E-state index in [0.29, 0.717) is 18.0 Å². The van der Waals surface area contributed by atoms with Gasteiger partial charge in [0.25, 0.3) is 0 Å². The summed E-state index contributed by atoms with van der Waals surface area (Å²) < 4.78 is 6.16. The Kier molecular flexibility index (Phi) is 9.10. The van der Waals surface area contributed by atoms with Crippen LogP contribution in [0.5, 0.6) is 0 Å². The number of ether oxygens (including phenoxy) is 1. The molecule has 0 radical (unpaired) electrons. The van der Waals surface area contributed by atoms with Crippen LogP contribution in [0.15, 0.2) is 22.7 Å². The molecule has 0 heterocycles. The second-order valence-corrected chi connectivity index (χ2v) is 5.96. The van der Waals surface area contributed by atoms with Crippen molar-refractivity contribution in [3.63, 3.8) is 0 Å². The number of nitrogens with one attached hydrogen (secondary N) is 1. The number of amides is 1. The Balaban J connectivity index is 2.11. The molecular formula is C16H25BrN2O2. The van der Waals surface area contributed by atoms with Crippen molar-refractivity contribution in [1.82, 2.24) is 0 Å². The van der Waals surface area contributed by atoms with Gasteiger partial charge in [0.2, 0.25) is 5.91 Å². The third-order valence-electron chi connectivity index (χ3n) is 3.14. The van der Waals surface area contributed by atoms with Gasteiger partial charge >= 0.3 is 0 Å². The Labute approximate surface area is 135 Å². The van der Waals surface area contributed by atoms with Crippen LogP contribution in [0.4, 0.5) is 11.4 Å². The normalized spacial score (nSPS) is 10.6. The third-order valence-corrected chi connectivity index (χ3v) is 3.80. The number of hydrogen-bond donors (Lipinski definition) is 2. The molecule has 0 saturated heterocycles. The highest BCUT2D eigenvalue weighted by Crippen LogP contribution is 2.24. The summed E-state index contributed by atoms with van der Waals surface area (Å²) in [5, 5.41) is 2.79. The standard InChI is InChI=1S/C16H25BrN2O2/c1-2-3-4-5-6-7-10-21-12-16(20)19-15-9-8-13(18)11-14(15)17/h8-9,11H,2-7,10,12,18H2,1H3,(H,19,20). The van der Waals surface area contributed by atoms with Gasteiger partial charge in [-0.15, -0.1) is 0 Å². The Hall–Kier alpha value is -1.07. The number of nitrogens with two attached hydrogens (primary N) is 1. The van der Waals surface area contributed by atoms with Crippen LogP contribution in [0.25, 0.3) is 0 Å². The van der Waals surface area contributed by atoms with Gasteiger partial charge < -0.3 is 15.8 Å². The maximum Gasteiger partial charge on any atom is 0.250 e. The molecule has 0 aliphatic rings. The summed E-state index contributed by atoms with van der Waals surface area (Å²) in [5.74, 6) is -0.147. The fraction of sp³-hybridized carbons (Fsp3) is 0.562. The van der Waals surface area contributed by atoms with E-state index in [0.717, 1.165) is 10.9 Å². The number of anilines is 2. The van der Waals surface area contributed by atoms with E-state index in [4.69, 9.17) is 10.5 Å². The lowest BCUT2D eigenvalue weighted by Gasteiger charge is -2.08. The minimum atomic E-state index is -0.147. The number of hydrogen-bond acceptors (Lipinski definition) is 3. The van der Waals surface area contributed by atoms with Crippen molar-refractivity contribution >= 4 is 33.2 Å². The molecule has 0 unspecified atom stereocenters. The van der Waals surface area contributed by atoms with Gasteiger partial charge in [0.1, 0.15) is 6.61 Å². The summed E-state index contributed by atoms with van der Waals surface area (Å²) >= 11 is 3.36. The first-order valence-electron chi connectivity index (χ1n) is 7.56. The van der Waals surface area contributed by atoms with Crippen molar-refractivity contribution in [3.05, 3.63) is 22.7 Å². The van der Waals surface area contributed by atoms with Crippen LogP contribution in [-0.2, 0) is 9.53 Å². The summed E-state index contributed by atoms with van der Waals surface area (Å²) in [6, 6.07) is 5.27. The number of carbonyl (C=O) groups is 1. The van der Waals surface area contributed by atoms with E-state index in [2.05, 4.69) is 28.2 Å². The van der Waals surface area contributed by atoms with E-state index in [9.17, 15) is 4.79 Å². The second-order valence-electron chi connectivity index (χ2n) is 5.11. The average molecular weight is 357 g/mol. The van der Waals surface area contributed by atoms with Gasteiger partial charge in [-0.05, 0) is 40.5 Å². The SMILES string of the molecule is CCCCCCCCOCC(=O)Nc1ccc(N)cc1Br. The molecule has 0 fully saturated rings. The van der Waals surface area contributed by atoms with Crippen LogP contribution in [0.2, 0.25) is 0 Å². The van der Waals surface area contributed by atoms with E-state index < -0.39 is 0 Å². The molecule has 3 N–H and O–H groups in total. The minimum Gasteiger partial charge on any atom is -0.399 e. The van der Waals surface area contributed by atoms with Crippen molar-refractivity contribution in [2.45, 2.75) is 45.4 Å². The number of carbonyl (C=O) groups excluding carboxylic acids is 1. The maximum atomic E-state index is 11.7. The highest BCUT2D eigenvalue weighted by Gasteiger charge is 2.05. The molecular weight excluding hydrogens is 332 g/mol. The molecule has 1 rings (SSSR count). The van der Waals surface area contributed by atoms with Crippen molar-refractivity contribution in [1.29, 1.82) is 0 Å². The van der Waals surface area contributed by atoms with Gasteiger partial charge in [0.05, 0.1) is 5.69 Å².